The topological polar surface area (TPSA) is 47.3 Å². The van der Waals surface area contributed by atoms with Gasteiger partial charge in [-0.05, 0) is 18.8 Å². The fourth-order valence-corrected chi connectivity index (χ4v) is 1.54. The highest BCUT2D eigenvalue weighted by molar-refractivity contribution is 5.68. The molecule has 0 aliphatic rings. The van der Waals surface area contributed by atoms with E-state index < -0.39 is 5.82 Å². The summed E-state index contributed by atoms with van der Waals surface area (Å²) in [5.41, 5.74) is 6.93. The van der Waals surface area contributed by atoms with Gasteiger partial charge < -0.3 is 15.8 Å². The van der Waals surface area contributed by atoms with Gasteiger partial charge in [-0.15, -0.1) is 0 Å². The molecule has 0 bridgehead atoms. The van der Waals surface area contributed by atoms with E-state index in [0.29, 0.717) is 18.2 Å². The van der Waals surface area contributed by atoms with Crippen molar-refractivity contribution in [3.8, 4) is 5.75 Å². The van der Waals surface area contributed by atoms with Gasteiger partial charge in [0.15, 0.2) is 11.6 Å². The lowest BCUT2D eigenvalue weighted by Crippen LogP contribution is -2.08. The molecule has 0 aliphatic heterocycles. The molecule has 18 heavy (non-hydrogen) atoms. The Hall–Kier alpha value is -1.45. The maximum Gasteiger partial charge on any atom is 0.167 e. The molecule has 0 atom stereocenters. The number of rotatable bonds is 7. The summed E-state index contributed by atoms with van der Waals surface area (Å²) in [5, 5.41) is 3.22. The zero-order valence-corrected chi connectivity index (χ0v) is 11.4. The van der Waals surface area contributed by atoms with E-state index in [1.165, 1.54) is 6.07 Å². The predicted octanol–water partition coefficient (Wildman–Crippen LogP) is 3.65. The normalized spacial score (nSPS) is 10.7. The number of hydrogen-bond acceptors (Lipinski definition) is 3. The minimum absolute atomic E-state index is 0.262. The van der Waals surface area contributed by atoms with Crippen LogP contribution in [0.1, 0.15) is 33.6 Å². The van der Waals surface area contributed by atoms with Crippen molar-refractivity contribution in [2.75, 3.05) is 24.2 Å². The first-order valence-electron chi connectivity index (χ1n) is 6.50. The Morgan fingerprint density at radius 2 is 2.11 bits per heavy atom. The van der Waals surface area contributed by atoms with Gasteiger partial charge in [0.2, 0.25) is 0 Å². The van der Waals surface area contributed by atoms with Crippen molar-refractivity contribution in [1.82, 2.24) is 0 Å². The molecule has 102 valence electrons. The van der Waals surface area contributed by atoms with Gasteiger partial charge in [-0.2, -0.15) is 0 Å². The molecule has 0 spiro atoms. The first-order valence-corrected chi connectivity index (χ1v) is 6.50. The van der Waals surface area contributed by atoms with Crippen LogP contribution in [0.5, 0.6) is 5.75 Å². The summed E-state index contributed by atoms with van der Waals surface area (Å²) in [7, 11) is 0. The number of benzene rings is 1. The van der Waals surface area contributed by atoms with Crippen molar-refractivity contribution in [3.05, 3.63) is 17.9 Å². The number of ether oxygens (including phenoxy) is 1. The summed E-state index contributed by atoms with van der Waals surface area (Å²) < 4.78 is 18.9. The Balaban J connectivity index is 2.71. The van der Waals surface area contributed by atoms with Gasteiger partial charge in [-0.25, -0.2) is 4.39 Å². The summed E-state index contributed by atoms with van der Waals surface area (Å²) in [4.78, 5) is 0. The molecule has 1 rings (SSSR count). The molecule has 0 amide bonds. The van der Waals surface area contributed by atoms with Crippen LogP contribution in [0.3, 0.4) is 0 Å². The quantitative estimate of drug-likeness (QED) is 0.730. The number of nitrogens with two attached hydrogens (primary N) is 1. The highest BCUT2D eigenvalue weighted by Crippen LogP contribution is 2.28. The minimum atomic E-state index is -0.407. The third-order valence-corrected chi connectivity index (χ3v) is 2.60. The fourth-order valence-electron chi connectivity index (χ4n) is 1.54. The largest absolute Gasteiger partial charge is 0.490 e. The van der Waals surface area contributed by atoms with Crippen LogP contribution >= 0.6 is 0 Å². The zero-order chi connectivity index (χ0) is 13.5. The maximum absolute atomic E-state index is 13.6. The highest BCUT2D eigenvalue weighted by atomic mass is 19.1. The van der Waals surface area contributed by atoms with E-state index in [1.807, 2.05) is 6.92 Å². The van der Waals surface area contributed by atoms with Crippen molar-refractivity contribution in [3.63, 3.8) is 0 Å². The smallest absolute Gasteiger partial charge is 0.167 e. The molecule has 4 heteroatoms. The molecule has 0 saturated heterocycles. The average molecular weight is 254 g/mol. The summed E-state index contributed by atoms with van der Waals surface area (Å²) in [5.74, 6) is 0.475. The second-order valence-corrected chi connectivity index (χ2v) is 4.83. The van der Waals surface area contributed by atoms with Crippen LogP contribution < -0.4 is 15.8 Å². The Morgan fingerprint density at radius 3 is 2.72 bits per heavy atom. The lowest BCUT2D eigenvalue weighted by atomic mass is 10.1. The van der Waals surface area contributed by atoms with E-state index in [0.717, 1.165) is 25.1 Å². The monoisotopic (exact) mass is 254 g/mol. The molecule has 1 aromatic carbocycles. The Morgan fingerprint density at radius 1 is 1.39 bits per heavy atom. The van der Waals surface area contributed by atoms with Crippen LogP contribution in [-0.4, -0.2) is 13.2 Å². The SMILES string of the molecule is CCCOc1cc(NCCC(C)C)c(N)cc1F. The number of hydrogen-bond donors (Lipinski definition) is 2. The molecule has 3 N–H and O–H groups in total. The van der Waals surface area contributed by atoms with Gasteiger partial charge in [0.25, 0.3) is 0 Å². The third kappa shape index (κ3) is 4.43. The zero-order valence-electron chi connectivity index (χ0n) is 11.4. The van der Waals surface area contributed by atoms with Crippen molar-refractivity contribution >= 4 is 11.4 Å². The van der Waals surface area contributed by atoms with E-state index in [-0.39, 0.29) is 5.75 Å². The van der Waals surface area contributed by atoms with Gasteiger partial charge in [0, 0.05) is 18.7 Å². The van der Waals surface area contributed by atoms with Crippen molar-refractivity contribution < 1.29 is 9.13 Å². The van der Waals surface area contributed by atoms with E-state index in [1.54, 1.807) is 6.07 Å². The van der Waals surface area contributed by atoms with Crippen molar-refractivity contribution in [1.29, 1.82) is 0 Å². The summed E-state index contributed by atoms with van der Waals surface area (Å²) >= 11 is 0. The lowest BCUT2D eigenvalue weighted by molar-refractivity contribution is 0.301. The van der Waals surface area contributed by atoms with Crippen LogP contribution in [0.25, 0.3) is 0 Å². The van der Waals surface area contributed by atoms with E-state index in [4.69, 9.17) is 10.5 Å². The molecule has 1 aromatic rings. The molecule has 0 heterocycles. The van der Waals surface area contributed by atoms with Crippen LogP contribution in [0.2, 0.25) is 0 Å². The second-order valence-electron chi connectivity index (χ2n) is 4.83. The van der Waals surface area contributed by atoms with Crippen LogP contribution in [0, 0.1) is 11.7 Å². The molecule has 0 aliphatic carbocycles. The Bertz CT molecular complexity index is 380. The standard InChI is InChI=1S/C14H23FN2O/c1-4-7-18-14-9-13(12(16)8-11(14)15)17-6-5-10(2)3/h8-10,17H,4-7,16H2,1-3H3. The first-order chi connectivity index (χ1) is 8.54. The van der Waals surface area contributed by atoms with Gasteiger partial charge in [0.05, 0.1) is 18.0 Å². The lowest BCUT2D eigenvalue weighted by Gasteiger charge is -2.13. The first kappa shape index (κ1) is 14.6. The molecular weight excluding hydrogens is 231 g/mol. The number of nitrogens with one attached hydrogen (secondary N) is 1. The minimum Gasteiger partial charge on any atom is -0.490 e. The summed E-state index contributed by atoms with van der Waals surface area (Å²) in [6, 6.07) is 2.95. The fraction of sp³-hybridized carbons (Fsp3) is 0.571. The van der Waals surface area contributed by atoms with Gasteiger partial charge in [-0.1, -0.05) is 20.8 Å². The van der Waals surface area contributed by atoms with Crippen molar-refractivity contribution in [2.24, 2.45) is 5.92 Å². The van der Waals surface area contributed by atoms with Gasteiger partial charge in [0.1, 0.15) is 0 Å². The molecular formula is C14H23FN2O. The Kier molecular flexibility index (Phi) is 5.75. The molecule has 0 aromatic heterocycles. The van der Waals surface area contributed by atoms with Gasteiger partial charge in [-0.3, -0.25) is 0 Å². The second kappa shape index (κ2) is 7.09. The van der Waals surface area contributed by atoms with Crippen LogP contribution in [0.4, 0.5) is 15.8 Å². The van der Waals surface area contributed by atoms with E-state index in [2.05, 4.69) is 19.2 Å². The van der Waals surface area contributed by atoms with E-state index in [9.17, 15) is 4.39 Å². The highest BCUT2D eigenvalue weighted by Gasteiger charge is 2.09. The average Bonchev–Trinajstić information content (AvgIpc) is 2.30. The number of nitrogen functional groups attached to an aromatic ring is 1. The summed E-state index contributed by atoms with van der Waals surface area (Å²) in [6.45, 7) is 7.63. The van der Waals surface area contributed by atoms with Crippen LogP contribution in [-0.2, 0) is 0 Å². The molecule has 0 fully saturated rings. The molecule has 3 nitrogen and oxygen atoms in total. The van der Waals surface area contributed by atoms with Gasteiger partial charge >= 0.3 is 0 Å². The third-order valence-electron chi connectivity index (χ3n) is 2.60. The molecule has 0 unspecified atom stereocenters. The summed E-state index contributed by atoms with van der Waals surface area (Å²) in [6.07, 6.45) is 1.89. The number of anilines is 2. The van der Waals surface area contributed by atoms with Crippen molar-refractivity contribution in [2.45, 2.75) is 33.6 Å². The maximum atomic E-state index is 13.6. The Labute approximate surface area is 109 Å². The molecule has 0 saturated carbocycles. The van der Waals surface area contributed by atoms with Crippen LogP contribution in [0.15, 0.2) is 12.1 Å². The predicted molar refractivity (Wildman–Crippen MR) is 74.5 cm³/mol. The molecule has 0 radical (unpaired) electrons. The number of halogens is 1. The van der Waals surface area contributed by atoms with E-state index >= 15 is 0 Å².